The Morgan fingerprint density at radius 1 is 1.17 bits per heavy atom. The summed E-state index contributed by atoms with van der Waals surface area (Å²) in [5.74, 6) is 0.176. The fourth-order valence-electron chi connectivity index (χ4n) is 1.97. The van der Waals surface area contributed by atoms with Gasteiger partial charge >= 0.3 is 5.97 Å². The van der Waals surface area contributed by atoms with Crippen LogP contribution in [0.2, 0.25) is 0 Å². The molecule has 0 fully saturated rings. The van der Waals surface area contributed by atoms with Crippen LogP contribution in [0.25, 0.3) is 0 Å². The van der Waals surface area contributed by atoms with Gasteiger partial charge in [-0.3, -0.25) is 0 Å². The average Bonchev–Trinajstić information content (AvgIpc) is 2.58. The molecule has 0 amide bonds. The minimum atomic E-state index is -0.730. The maximum Gasteiger partial charge on any atom is 0.375 e. The van der Waals surface area contributed by atoms with Gasteiger partial charge in [0.25, 0.3) is 0 Å². The highest BCUT2D eigenvalue weighted by Gasteiger charge is 2.20. The number of para-hydroxylation sites is 1. The van der Waals surface area contributed by atoms with E-state index in [1.165, 1.54) is 0 Å². The van der Waals surface area contributed by atoms with Crippen LogP contribution >= 0.6 is 0 Å². The van der Waals surface area contributed by atoms with Gasteiger partial charge in [0.2, 0.25) is 0 Å². The van der Waals surface area contributed by atoms with Crippen LogP contribution in [0.1, 0.15) is 24.5 Å². The number of benzene rings is 2. The Balaban J connectivity index is 2.00. The van der Waals surface area contributed by atoms with Crippen LogP contribution < -0.4 is 10.5 Å². The third-order valence-electron chi connectivity index (χ3n) is 3.20. The summed E-state index contributed by atoms with van der Waals surface area (Å²) in [6, 6.07) is 16.6. The van der Waals surface area contributed by atoms with E-state index < -0.39 is 12.1 Å². The smallest absolute Gasteiger partial charge is 0.375 e. The van der Waals surface area contributed by atoms with E-state index in [9.17, 15) is 4.79 Å². The summed E-state index contributed by atoms with van der Waals surface area (Å²) in [5, 5.41) is 3.71. The van der Waals surface area contributed by atoms with Crippen molar-refractivity contribution < 1.29 is 14.4 Å². The maximum atomic E-state index is 12.1. The van der Waals surface area contributed by atoms with Gasteiger partial charge in [-0.05, 0) is 31.5 Å². The van der Waals surface area contributed by atoms with Crippen molar-refractivity contribution in [3.8, 4) is 5.75 Å². The summed E-state index contributed by atoms with van der Waals surface area (Å²) >= 11 is 0. The predicted molar refractivity (Wildman–Crippen MR) is 89.1 cm³/mol. The fraction of sp³-hybridized carbons (Fsp3) is 0.222. The largest absolute Gasteiger partial charge is 0.479 e. The van der Waals surface area contributed by atoms with Crippen LogP contribution in [0.15, 0.2) is 59.8 Å². The van der Waals surface area contributed by atoms with E-state index in [-0.39, 0.29) is 5.84 Å². The van der Waals surface area contributed by atoms with Crippen LogP contribution in [-0.2, 0) is 9.63 Å². The highest BCUT2D eigenvalue weighted by atomic mass is 16.7. The Kier molecular flexibility index (Phi) is 5.74. The lowest BCUT2D eigenvalue weighted by Gasteiger charge is -2.14. The average molecular weight is 312 g/mol. The molecule has 5 heteroatoms. The molecule has 0 bridgehead atoms. The monoisotopic (exact) mass is 312 g/mol. The van der Waals surface area contributed by atoms with Crippen LogP contribution in [0, 0.1) is 6.92 Å². The van der Waals surface area contributed by atoms with Gasteiger partial charge in [-0.25, -0.2) is 4.79 Å². The van der Waals surface area contributed by atoms with Gasteiger partial charge in [0.15, 0.2) is 11.9 Å². The molecule has 2 rings (SSSR count). The number of hydrogen-bond acceptors (Lipinski definition) is 4. The van der Waals surface area contributed by atoms with Crippen LogP contribution in [0.3, 0.4) is 0 Å². The molecule has 2 N–H and O–H groups in total. The molecule has 2 aromatic carbocycles. The molecule has 0 aliphatic carbocycles. The van der Waals surface area contributed by atoms with Crippen LogP contribution in [-0.4, -0.2) is 17.9 Å². The minimum Gasteiger partial charge on any atom is -0.479 e. The molecule has 0 aliphatic heterocycles. The third kappa shape index (κ3) is 4.85. The van der Waals surface area contributed by atoms with Crippen molar-refractivity contribution in [2.75, 3.05) is 0 Å². The van der Waals surface area contributed by atoms with Crippen LogP contribution in [0.5, 0.6) is 5.75 Å². The van der Waals surface area contributed by atoms with E-state index in [1.54, 1.807) is 18.2 Å². The second kappa shape index (κ2) is 7.98. The summed E-state index contributed by atoms with van der Waals surface area (Å²) in [7, 11) is 0. The van der Waals surface area contributed by atoms with E-state index >= 15 is 0 Å². The number of amidine groups is 1. The lowest BCUT2D eigenvalue weighted by molar-refractivity contribution is -0.152. The standard InChI is InChI=1S/C18H20N2O3/c1-3-16(22-15-10-5-4-6-11-15)18(21)23-20-17(19)14-9-7-8-13(2)12-14/h4-12,16H,3H2,1-2H3,(H2,19,20). The second-order valence-corrected chi connectivity index (χ2v) is 5.08. The van der Waals surface area contributed by atoms with Crippen LogP contribution in [0.4, 0.5) is 0 Å². The van der Waals surface area contributed by atoms with Gasteiger partial charge < -0.3 is 15.3 Å². The molecule has 1 unspecified atom stereocenters. The topological polar surface area (TPSA) is 73.9 Å². The quantitative estimate of drug-likeness (QED) is 0.385. The predicted octanol–water partition coefficient (Wildman–Crippen LogP) is 3.02. The van der Waals surface area contributed by atoms with E-state index in [4.69, 9.17) is 15.3 Å². The SMILES string of the molecule is CCC(Oc1ccccc1)C(=O)O/N=C(\N)c1cccc(C)c1. The number of rotatable bonds is 6. The maximum absolute atomic E-state index is 12.1. The fourth-order valence-corrected chi connectivity index (χ4v) is 1.97. The molecular weight excluding hydrogens is 292 g/mol. The van der Waals surface area contributed by atoms with Crippen molar-refractivity contribution in [2.24, 2.45) is 10.9 Å². The summed E-state index contributed by atoms with van der Waals surface area (Å²) in [6.07, 6.45) is -0.264. The molecule has 2 aromatic rings. The number of ether oxygens (including phenoxy) is 1. The zero-order valence-electron chi connectivity index (χ0n) is 13.2. The summed E-state index contributed by atoms with van der Waals surface area (Å²) in [5.41, 5.74) is 7.59. The second-order valence-electron chi connectivity index (χ2n) is 5.08. The van der Waals surface area contributed by atoms with E-state index in [1.807, 2.05) is 50.2 Å². The number of nitrogens with two attached hydrogens (primary N) is 1. The van der Waals surface area contributed by atoms with Crippen molar-refractivity contribution in [3.05, 3.63) is 65.7 Å². The Labute approximate surface area is 135 Å². The van der Waals surface area contributed by atoms with Gasteiger partial charge in [-0.15, -0.1) is 0 Å². The number of carbonyl (C=O) groups is 1. The Bertz CT molecular complexity index is 684. The first kappa shape index (κ1) is 16.5. The number of aryl methyl sites for hydroxylation is 1. The van der Waals surface area contributed by atoms with E-state index in [2.05, 4.69) is 5.16 Å². The molecule has 1 atom stereocenters. The van der Waals surface area contributed by atoms with Gasteiger partial charge in [0, 0.05) is 5.56 Å². The number of carbonyl (C=O) groups excluding carboxylic acids is 1. The first-order valence-electron chi connectivity index (χ1n) is 7.43. The van der Waals surface area contributed by atoms with Crippen molar-refractivity contribution in [2.45, 2.75) is 26.4 Å². The van der Waals surface area contributed by atoms with Crippen molar-refractivity contribution in [1.82, 2.24) is 0 Å². The molecule has 0 aliphatic rings. The summed E-state index contributed by atoms with van der Waals surface area (Å²) in [4.78, 5) is 17.0. The highest BCUT2D eigenvalue weighted by molar-refractivity contribution is 5.97. The van der Waals surface area contributed by atoms with Crippen molar-refractivity contribution >= 4 is 11.8 Å². The molecule has 0 saturated heterocycles. The summed E-state index contributed by atoms with van der Waals surface area (Å²) in [6.45, 7) is 3.78. The number of nitrogens with zero attached hydrogens (tertiary/aromatic N) is 1. The van der Waals surface area contributed by atoms with Gasteiger partial charge in [-0.2, -0.15) is 0 Å². The molecule has 0 spiro atoms. The Morgan fingerprint density at radius 3 is 2.57 bits per heavy atom. The third-order valence-corrected chi connectivity index (χ3v) is 3.20. The molecule has 5 nitrogen and oxygen atoms in total. The first-order chi connectivity index (χ1) is 11.1. The Hall–Kier alpha value is -2.82. The van der Waals surface area contributed by atoms with E-state index in [0.717, 1.165) is 5.56 Å². The molecule has 0 aromatic heterocycles. The zero-order chi connectivity index (χ0) is 16.7. The van der Waals surface area contributed by atoms with Gasteiger partial charge in [0.05, 0.1) is 0 Å². The van der Waals surface area contributed by atoms with Gasteiger partial charge in [0.1, 0.15) is 5.75 Å². The van der Waals surface area contributed by atoms with E-state index in [0.29, 0.717) is 17.7 Å². The zero-order valence-corrected chi connectivity index (χ0v) is 13.2. The molecule has 0 heterocycles. The molecular formula is C18H20N2O3. The Morgan fingerprint density at radius 2 is 1.91 bits per heavy atom. The lowest BCUT2D eigenvalue weighted by atomic mass is 10.1. The van der Waals surface area contributed by atoms with Gasteiger partial charge in [-0.1, -0.05) is 54.0 Å². The lowest BCUT2D eigenvalue weighted by Crippen LogP contribution is -2.28. The summed E-state index contributed by atoms with van der Waals surface area (Å²) < 4.78 is 5.60. The molecule has 23 heavy (non-hydrogen) atoms. The molecule has 120 valence electrons. The highest BCUT2D eigenvalue weighted by Crippen LogP contribution is 2.13. The molecule has 0 saturated carbocycles. The van der Waals surface area contributed by atoms with Crippen molar-refractivity contribution in [3.63, 3.8) is 0 Å². The molecule has 0 radical (unpaired) electrons. The normalized spacial score (nSPS) is 12.5. The number of oxime groups is 1. The first-order valence-corrected chi connectivity index (χ1v) is 7.43. The van der Waals surface area contributed by atoms with Crippen molar-refractivity contribution in [1.29, 1.82) is 0 Å². The minimum absolute atomic E-state index is 0.150. The number of hydrogen-bond donors (Lipinski definition) is 1.